The van der Waals surface area contributed by atoms with Gasteiger partial charge in [-0.3, -0.25) is 0 Å². The van der Waals surface area contributed by atoms with E-state index in [1.165, 1.54) is 0 Å². The molecule has 2 atom stereocenters. The maximum atomic E-state index is 11.5. The van der Waals surface area contributed by atoms with Gasteiger partial charge in [0.05, 0.1) is 0 Å². The molecular formula is C19H24N4O8. The van der Waals surface area contributed by atoms with Gasteiger partial charge in [0.1, 0.15) is 24.7 Å². The minimum atomic E-state index is -1.10. The van der Waals surface area contributed by atoms with Crippen molar-refractivity contribution >= 4 is 0 Å². The first-order valence-corrected chi connectivity index (χ1v) is 9.30. The number of hydrogen-bond acceptors (Lipinski definition) is 10. The summed E-state index contributed by atoms with van der Waals surface area (Å²) in [5.41, 5.74) is 0. The minimum absolute atomic E-state index is 0.0992. The van der Waals surface area contributed by atoms with Crippen LogP contribution in [0.1, 0.15) is 0 Å². The lowest BCUT2D eigenvalue weighted by molar-refractivity contribution is -0.580. The number of hydroxylamine groups is 2. The standard InChI is InChI=1S/C19H24N4O8/c24-16(13-28-18-7-3-1-4-8-18)11-22(26)20-30-15-31-21-23(27)12-17(25)14-29-19-9-5-2-6-10-19/h1-10,16-17,24-25H,11-15H2/b22-20-,23-21-. The van der Waals surface area contributed by atoms with Crippen LogP contribution in [0.5, 0.6) is 11.5 Å². The molecule has 0 saturated carbocycles. The van der Waals surface area contributed by atoms with Crippen molar-refractivity contribution in [2.75, 3.05) is 33.1 Å². The first-order valence-electron chi connectivity index (χ1n) is 9.30. The third kappa shape index (κ3) is 10.6. The Kier molecular flexibility index (Phi) is 10.3. The number of hydrogen-bond donors (Lipinski definition) is 2. The quantitative estimate of drug-likeness (QED) is 0.149. The molecule has 2 unspecified atom stereocenters. The van der Waals surface area contributed by atoms with Crippen LogP contribution in [-0.4, -0.2) is 65.2 Å². The first kappa shape index (κ1) is 23.6. The number of rotatable bonds is 14. The van der Waals surface area contributed by atoms with Crippen LogP contribution in [0, 0.1) is 10.4 Å². The van der Waals surface area contributed by atoms with E-state index in [0.717, 1.165) is 0 Å². The van der Waals surface area contributed by atoms with E-state index >= 15 is 0 Å². The predicted molar refractivity (Wildman–Crippen MR) is 105 cm³/mol. The molecule has 0 amide bonds. The Morgan fingerprint density at radius 1 is 0.710 bits per heavy atom. The second-order valence-electron chi connectivity index (χ2n) is 6.16. The fourth-order valence-electron chi connectivity index (χ4n) is 2.15. The van der Waals surface area contributed by atoms with Gasteiger partial charge in [-0.2, -0.15) is 0 Å². The summed E-state index contributed by atoms with van der Waals surface area (Å²) in [4.78, 5) is 9.27. The van der Waals surface area contributed by atoms with Gasteiger partial charge in [0.2, 0.25) is 23.6 Å². The highest BCUT2D eigenvalue weighted by atomic mass is 16.8. The van der Waals surface area contributed by atoms with Crippen molar-refractivity contribution in [2.24, 2.45) is 10.6 Å². The van der Waals surface area contributed by atoms with Gasteiger partial charge in [-0.05, 0) is 24.3 Å². The molecule has 12 heteroatoms. The van der Waals surface area contributed by atoms with Crippen LogP contribution >= 0.6 is 0 Å². The van der Waals surface area contributed by atoms with E-state index in [2.05, 4.69) is 20.2 Å². The second kappa shape index (κ2) is 13.6. The van der Waals surface area contributed by atoms with E-state index in [4.69, 9.17) is 9.47 Å². The molecule has 168 valence electrons. The third-order valence-electron chi connectivity index (χ3n) is 3.51. The van der Waals surface area contributed by atoms with Crippen LogP contribution < -0.4 is 9.47 Å². The molecule has 0 radical (unpaired) electrons. The summed E-state index contributed by atoms with van der Waals surface area (Å²) in [5, 5.41) is 48.7. The van der Waals surface area contributed by atoms with Gasteiger partial charge in [-0.15, -0.1) is 0 Å². The monoisotopic (exact) mass is 436 g/mol. The molecule has 0 aromatic heterocycles. The lowest BCUT2D eigenvalue weighted by atomic mass is 10.3. The summed E-state index contributed by atoms with van der Waals surface area (Å²) < 4.78 is 10.6. The molecule has 2 rings (SSSR count). The first-order chi connectivity index (χ1) is 15.0. The average molecular weight is 436 g/mol. The van der Waals surface area contributed by atoms with Crippen molar-refractivity contribution in [3.63, 3.8) is 0 Å². The van der Waals surface area contributed by atoms with E-state index in [1.807, 2.05) is 12.1 Å². The van der Waals surface area contributed by atoms with Gasteiger partial charge in [0, 0.05) is 0 Å². The molecule has 31 heavy (non-hydrogen) atoms. The van der Waals surface area contributed by atoms with Crippen molar-refractivity contribution in [3.05, 3.63) is 71.1 Å². The van der Waals surface area contributed by atoms with Crippen LogP contribution in [0.3, 0.4) is 0 Å². The Morgan fingerprint density at radius 3 is 1.48 bits per heavy atom. The highest BCUT2D eigenvalue weighted by molar-refractivity contribution is 5.21. The number of nitrogens with zero attached hydrogens (tertiary/aromatic N) is 4. The number of aliphatic hydroxyl groups is 2. The molecule has 0 aliphatic heterocycles. The summed E-state index contributed by atoms with van der Waals surface area (Å²) in [7, 11) is 0. The van der Waals surface area contributed by atoms with Crippen molar-refractivity contribution in [2.45, 2.75) is 12.2 Å². The summed E-state index contributed by atoms with van der Waals surface area (Å²) >= 11 is 0. The summed E-state index contributed by atoms with van der Waals surface area (Å²) in [6.07, 6.45) is -2.21. The second-order valence-corrected chi connectivity index (χ2v) is 6.16. The van der Waals surface area contributed by atoms with Crippen LogP contribution in [0.25, 0.3) is 0 Å². The van der Waals surface area contributed by atoms with E-state index in [0.29, 0.717) is 11.5 Å². The van der Waals surface area contributed by atoms with Crippen LogP contribution in [0.4, 0.5) is 0 Å². The molecular weight excluding hydrogens is 412 g/mol. The van der Waals surface area contributed by atoms with Crippen molar-refractivity contribution in [3.8, 4) is 11.5 Å². The van der Waals surface area contributed by atoms with E-state index < -0.39 is 32.1 Å². The molecule has 0 aliphatic rings. The molecule has 2 N–H and O–H groups in total. The third-order valence-corrected chi connectivity index (χ3v) is 3.51. The van der Waals surface area contributed by atoms with Crippen molar-refractivity contribution < 1.29 is 39.1 Å². The lowest BCUT2D eigenvalue weighted by Crippen LogP contribution is -2.27. The number of para-hydroxylation sites is 2. The zero-order valence-corrected chi connectivity index (χ0v) is 16.6. The Balaban J connectivity index is 1.57. The molecule has 0 fully saturated rings. The van der Waals surface area contributed by atoms with Crippen molar-refractivity contribution in [1.29, 1.82) is 0 Å². The minimum Gasteiger partial charge on any atom is -0.597 e. The van der Waals surface area contributed by atoms with Crippen LogP contribution in [0.15, 0.2) is 71.2 Å². The predicted octanol–water partition coefficient (Wildman–Crippen LogP) is 1.61. The highest BCUT2D eigenvalue weighted by Gasteiger charge is 2.13. The topological polar surface area (TPSA) is 154 Å². The molecule has 0 aliphatic carbocycles. The maximum absolute atomic E-state index is 11.5. The average Bonchev–Trinajstić information content (AvgIpc) is 2.77. The van der Waals surface area contributed by atoms with Crippen molar-refractivity contribution in [1.82, 2.24) is 0 Å². The molecule has 2 aromatic rings. The number of benzene rings is 2. The maximum Gasteiger partial charge on any atom is 0.292 e. The molecule has 2 aromatic carbocycles. The van der Waals surface area contributed by atoms with Crippen LogP contribution in [-0.2, 0) is 9.68 Å². The normalized spacial score (nSPS) is 13.9. The largest absolute Gasteiger partial charge is 0.597 e. The number of aliphatic hydroxyl groups excluding tert-OH is 2. The van der Waals surface area contributed by atoms with E-state index in [-0.39, 0.29) is 22.9 Å². The Bertz CT molecular complexity index is 740. The van der Waals surface area contributed by atoms with E-state index in [9.17, 15) is 20.6 Å². The Hall–Kier alpha value is -3.64. The molecule has 0 heterocycles. The van der Waals surface area contributed by atoms with Crippen LogP contribution in [0.2, 0.25) is 0 Å². The van der Waals surface area contributed by atoms with Gasteiger partial charge in [-0.25, -0.2) is 0 Å². The van der Waals surface area contributed by atoms with Gasteiger partial charge < -0.3 is 39.8 Å². The zero-order chi connectivity index (χ0) is 22.3. The van der Waals surface area contributed by atoms with Gasteiger partial charge in [-0.1, -0.05) is 46.1 Å². The smallest absolute Gasteiger partial charge is 0.292 e. The molecule has 0 saturated heterocycles. The fourth-order valence-corrected chi connectivity index (χ4v) is 2.15. The van der Waals surface area contributed by atoms with Gasteiger partial charge in [0.15, 0.2) is 12.2 Å². The SMILES string of the molecule is [O-]/[N+](CC(O)COc1ccccc1)=N\OCO/N=[N+](\[O-])CC(O)COc1ccccc1. The molecule has 12 nitrogen and oxygen atoms in total. The fraction of sp³-hybridized carbons (Fsp3) is 0.368. The van der Waals surface area contributed by atoms with E-state index in [1.54, 1.807) is 48.5 Å². The van der Waals surface area contributed by atoms with Gasteiger partial charge in [0.25, 0.3) is 6.79 Å². The highest BCUT2D eigenvalue weighted by Crippen LogP contribution is 2.09. The summed E-state index contributed by atoms with van der Waals surface area (Å²) in [5.74, 6) is 1.11. The summed E-state index contributed by atoms with van der Waals surface area (Å²) in [6.45, 7) is -1.63. The molecule has 0 spiro atoms. The Labute approximate surface area is 178 Å². The van der Waals surface area contributed by atoms with Gasteiger partial charge >= 0.3 is 0 Å². The summed E-state index contributed by atoms with van der Waals surface area (Å²) in [6, 6.07) is 17.6. The zero-order valence-electron chi connectivity index (χ0n) is 16.6. The Morgan fingerprint density at radius 2 is 1.10 bits per heavy atom. The molecule has 0 bridgehead atoms. The lowest BCUT2D eigenvalue weighted by Gasteiger charge is -2.10. The number of ether oxygens (including phenoxy) is 2.